The Morgan fingerprint density at radius 1 is 1.00 bits per heavy atom. The van der Waals surface area contributed by atoms with Gasteiger partial charge in [0.25, 0.3) is 0 Å². The highest BCUT2D eigenvalue weighted by Crippen LogP contribution is 2.30. The average molecular weight is 467 g/mol. The van der Waals surface area contributed by atoms with Gasteiger partial charge < -0.3 is 15.5 Å². The van der Waals surface area contributed by atoms with E-state index in [9.17, 15) is 19.5 Å². The Bertz CT molecular complexity index is 950. The number of carbonyl (C=O) groups excluding carboxylic acids is 2. The lowest BCUT2D eigenvalue weighted by Crippen LogP contribution is -2.45. The van der Waals surface area contributed by atoms with E-state index in [-0.39, 0.29) is 17.7 Å². The molecule has 0 unspecified atom stereocenters. The van der Waals surface area contributed by atoms with Gasteiger partial charge in [-0.1, -0.05) is 67.1 Å². The minimum atomic E-state index is -0.944. The van der Waals surface area contributed by atoms with E-state index in [0.29, 0.717) is 25.3 Å². The van der Waals surface area contributed by atoms with E-state index in [1.807, 2.05) is 60.7 Å². The number of piperidine rings is 1. The van der Waals surface area contributed by atoms with Crippen LogP contribution in [0.5, 0.6) is 0 Å². The van der Waals surface area contributed by atoms with E-state index in [1.165, 1.54) is 0 Å². The normalized spacial score (nSPS) is 23.4. The highest BCUT2D eigenvalue weighted by molar-refractivity contribution is 5.96. The van der Waals surface area contributed by atoms with Gasteiger partial charge in [0.1, 0.15) is 6.04 Å². The van der Waals surface area contributed by atoms with Crippen LogP contribution in [0.4, 0.5) is 0 Å². The number of hydrogen-bond acceptors (Lipinski definition) is 5. The van der Waals surface area contributed by atoms with E-state index < -0.39 is 18.1 Å². The molecular formula is C27H34N2O5. The lowest BCUT2D eigenvalue weighted by Gasteiger charge is -2.40. The van der Waals surface area contributed by atoms with Crippen LogP contribution in [0, 0.1) is 0 Å². The molecule has 2 heterocycles. The maximum absolute atomic E-state index is 12.5. The van der Waals surface area contributed by atoms with Crippen molar-refractivity contribution in [3.63, 3.8) is 0 Å². The fourth-order valence-corrected chi connectivity index (χ4v) is 4.65. The van der Waals surface area contributed by atoms with Gasteiger partial charge in [0.15, 0.2) is 5.78 Å². The summed E-state index contributed by atoms with van der Waals surface area (Å²) in [5.74, 6) is -0.898. The molecule has 0 saturated carbocycles. The molecule has 1 amide bonds. The number of aliphatic hydroxyl groups excluding tert-OH is 1. The number of likely N-dealkylation sites (tertiary alicyclic amines) is 1. The van der Waals surface area contributed by atoms with Crippen LogP contribution in [-0.4, -0.2) is 57.9 Å². The predicted octanol–water partition coefficient (Wildman–Crippen LogP) is 3.59. The summed E-state index contributed by atoms with van der Waals surface area (Å²) in [6.45, 7) is 0. The van der Waals surface area contributed by atoms with E-state index >= 15 is 0 Å². The molecule has 2 aromatic carbocycles. The summed E-state index contributed by atoms with van der Waals surface area (Å²) >= 11 is 0. The molecule has 0 bridgehead atoms. The number of nitrogens with zero attached hydrogens (tertiary/aromatic N) is 1. The van der Waals surface area contributed by atoms with Gasteiger partial charge in [-0.05, 0) is 38.3 Å². The SMILES string of the molecule is CN1[C@@H](CC(=O)c2ccccc2)CCC[C@@H]1C[C@H](O)c1ccccc1.O=C1CC[C@@H](C(=O)O)N1. The zero-order chi connectivity index (χ0) is 24.5. The summed E-state index contributed by atoms with van der Waals surface area (Å²) < 4.78 is 0. The zero-order valence-electron chi connectivity index (χ0n) is 19.6. The first kappa shape index (κ1) is 25.6. The highest BCUT2D eigenvalue weighted by Gasteiger charge is 2.31. The number of carboxylic acids is 1. The third-order valence-corrected chi connectivity index (χ3v) is 6.72. The molecule has 2 aromatic rings. The Balaban J connectivity index is 0.000000302. The molecule has 34 heavy (non-hydrogen) atoms. The third kappa shape index (κ3) is 7.23. The van der Waals surface area contributed by atoms with E-state index in [0.717, 1.165) is 36.8 Å². The van der Waals surface area contributed by atoms with E-state index in [2.05, 4.69) is 17.3 Å². The smallest absolute Gasteiger partial charge is 0.326 e. The van der Waals surface area contributed by atoms with Crippen LogP contribution in [-0.2, 0) is 9.59 Å². The highest BCUT2D eigenvalue weighted by atomic mass is 16.4. The summed E-state index contributed by atoms with van der Waals surface area (Å²) in [5, 5.41) is 21.2. The van der Waals surface area contributed by atoms with Crippen molar-refractivity contribution in [2.24, 2.45) is 0 Å². The number of aliphatic hydroxyl groups is 1. The third-order valence-electron chi connectivity index (χ3n) is 6.72. The van der Waals surface area contributed by atoms with Gasteiger partial charge in [-0.25, -0.2) is 4.79 Å². The Hall–Kier alpha value is -3.03. The van der Waals surface area contributed by atoms with Gasteiger partial charge in [-0.15, -0.1) is 0 Å². The van der Waals surface area contributed by atoms with Gasteiger partial charge in [0.2, 0.25) is 5.91 Å². The number of rotatable bonds is 7. The molecule has 2 aliphatic rings. The van der Waals surface area contributed by atoms with Gasteiger partial charge in [-0.2, -0.15) is 0 Å². The quantitative estimate of drug-likeness (QED) is 0.539. The van der Waals surface area contributed by atoms with Gasteiger partial charge in [0, 0.05) is 30.5 Å². The number of ketones is 1. The Morgan fingerprint density at radius 3 is 2.18 bits per heavy atom. The molecule has 2 fully saturated rings. The monoisotopic (exact) mass is 466 g/mol. The molecule has 0 radical (unpaired) electrons. The van der Waals surface area contributed by atoms with Crippen molar-refractivity contribution in [3.8, 4) is 0 Å². The van der Waals surface area contributed by atoms with Gasteiger partial charge in [-0.3, -0.25) is 14.5 Å². The first-order valence-electron chi connectivity index (χ1n) is 11.9. The molecular weight excluding hydrogens is 432 g/mol. The maximum Gasteiger partial charge on any atom is 0.326 e. The predicted molar refractivity (Wildman–Crippen MR) is 129 cm³/mol. The lowest BCUT2D eigenvalue weighted by atomic mass is 9.88. The molecule has 182 valence electrons. The summed E-state index contributed by atoms with van der Waals surface area (Å²) in [5.41, 5.74) is 1.76. The number of Topliss-reactive ketones (excluding diaryl/α,β-unsaturated/α-hetero) is 1. The van der Waals surface area contributed by atoms with Crippen LogP contribution < -0.4 is 5.32 Å². The van der Waals surface area contributed by atoms with Crippen molar-refractivity contribution >= 4 is 17.7 Å². The topological polar surface area (TPSA) is 107 Å². The number of benzene rings is 2. The lowest BCUT2D eigenvalue weighted by molar-refractivity contribution is -0.140. The zero-order valence-corrected chi connectivity index (χ0v) is 19.6. The summed E-state index contributed by atoms with van der Waals surface area (Å²) in [6, 6.07) is 19.3. The fourth-order valence-electron chi connectivity index (χ4n) is 4.65. The second-order valence-corrected chi connectivity index (χ2v) is 9.06. The minimum Gasteiger partial charge on any atom is -0.480 e. The standard InChI is InChI=1S/C22H27NO2.C5H7NO3/c1-23-19(15-21(24)17-9-4-2-5-10-17)13-8-14-20(23)16-22(25)18-11-6-3-7-12-18;7-4-2-1-3(6-4)5(8)9/h2-7,9-12,19-21,24H,8,13-16H2,1H3;3H,1-2H2,(H,6,7)(H,8,9)/t19-,20-,21+;3-/m10/s1. The van der Waals surface area contributed by atoms with Crippen LogP contribution >= 0.6 is 0 Å². The molecule has 4 atom stereocenters. The number of carbonyl (C=O) groups is 3. The molecule has 4 rings (SSSR count). The van der Waals surface area contributed by atoms with Crippen LogP contribution in [0.2, 0.25) is 0 Å². The molecule has 3 N–H and O–H groups in total. The summed E-state index contributed by atoms with van der Waals surface area (Å²) in [7, 11) is 2.10. The first-order valence-corrected chi connectivity index (χ1v) is 11.9. The van der Waals surface area contributed by atoms with Gasteiger partial charge >= 0.3 is 5.97 Å². The first-order chi connectivity index (χ1) is 16.3. The van der Waals surface area contributed by atoms with Crippen molar-refractivity contribution in [1.29, 1.82) is 0 Å². The maximum atomic E-state index is 12.5. The number of carboxylic acid groups (broad SMARTS) is 1. The van der Waals surface area contributed by atoms with Crippen molar-refractivity contribution in [3.05, 3.63) is 71.8 Å². The van der Waals surface area contributed by atoms with Crippen LogP contribution in [0.1, 0.15) is 67.0 Å². The van der Waals surface area contributed by atoms with Crippen LogP contribution in [0.15, 0.2) is 60.7 Å². The molecule has 0 spiro atoms. The molecule has 0 aromatic heterocycles. The number of hydrogen-bond donors (Lipinski definition) is 3. The minimum absolute atomic E-state index is 0.164. The van der Waals surface area contributed by atoms with Crippen molar-refractivity contribution < 1.29 is 24.6 Å². The second-order valence-electron chi connectivity index (χ2n) is 9.06. The Morgan fingerprint density at radius 2 is 1.62 bits per heavy atom. The average Bonchev–Trinajstić information content (AvgIpc) is 3.30. The molecule has 7 nitrogen and oxygen atoms in total. The molecule has 0 aliphatic carbocycles. The Labute approximate surface area is 200 Å². The van der Waals surface area contributed by atoms with Crippen LogP contribution in [0.3, 0.4) is 0 Å². The Kier molecular flexibility index (Phi) is 9.36. The summed E-state index contributed by atoms with van der Waals surface area (Å²) in [6.07, 6.45) is 4.84. The number of amides is 1. The number of nitrogens with one attached hydrogen (secondary N) is 1. The molecule has 2 aliphatic heterocycles. The fraction of sp³-hybridized carbons (Fsp3) is 0.444. The van der Waals surface area contributed by atoms with E-state index in [1.54, 1.807) is 0 Å². The summed E-state index contributed by atoms with van der Waals surface area (Å²) in [4.78, 5) is 35.4. The molecule has 2 saturated heterocycles. The van der Waals surface area contributed by atoms with Crippen molar-refractivity contribution in [2.45, 2.75) is 69.2 Å². The largest absolute Gasteiger partial charge is 0.480 e. The van der Waals surface area contributed by atoms with Crippen LogP contribution in [0.25, 0.3) is 0 Å². The second kappa shape index (κ2) is 12.4. The van der Waals surface area contributed by atoms with Crippen molar-refractivity contribution in [2.75, 3.05) is 7.05 Å². The van der Waals surface area contributed by atoms with Crippen molar-refractivity contribution in [1.82, 2.24) is 10.2 Å². The van der Waals surface area contributed by atoms with E-state index in [4.69, 9.17) is 5.11 Å². The number of aliphatic carboxylic acids is 1. The van der Waals surface area contributed by atoms with Gasteiger partial charge in [0.05, 0.1) is 6.10 Å². The molecule has 7 heteroatoms.